The number of thiophene rings is 2. The Balaban J connectivity index is 0.966. The topological polar surface area (TPSA) is 42.4 Å². The first-order valence-corrected chi connectivity index (χ1v) is 19.9. The van der Waals surface area contributed by atoms with Crippen molar-refractivity contribution in [2.45, 2.75) is 0 Å². The molecule has 0 aliphatic rings. The largest absolute Gasteiger partial charge is 0.456 e. The van der Waals surface area contributed by atoms with E-state index in [0.29, 0.717) is 5.89 Å². The molecule has 4 heterocycles. The lowest BCUT2D eigenvalue weighted by molar-refractivity contribution is 0.619. The first kappa shape index (κ1) is 30.7. The SMILES string of the molecule is c1ccc(-c2nc3c(ccc4oc5cc(-c6ccc(N(c7ccc8sc9ccccc9c8c7)c7ccc8sc9ccccc9c8c7)cc6)ccc5c43)o2)cc1. The predicted octanol–water partition coefficient (Wildman–Crippen LogP) is 15.3. The molecule has 0 aliphatic carbocycles. The van der Waals surface area contributed by atoms with Crippen LogP contribution in [0.5, 0.6) is 0 Å². The van der Waals surface area contributed by atoms with Crippen LogP contribution >= 0.6 is 22.7 Å². The minimum Gasteiger partial charge on any atom is -0.456 e. The van der Waals surface area contributed by atoms with Crippen LogP contribution in [-0.4, -0.2) is 4.98 Å². The van der Waals surface area contributed by atoms with Gasteiger partial charge in [0, 0.05) is 68.4 Å². The lowest BCUT2D eigenvalue weighted by Gasteiger charge is -2.26. The molecule has 6 heteroatoms. The first-order valence-electron chi connectivity index (χ1n) is 18.3. The van der Waals surface area contributed by atoms with Crippen molar-refractivity contribution in [1.82, 2.24) is 4.98 Å². The molecule has 0 fully saturated rings. The average Bonchev–Trinajstić information content (AvgIpc) is 4.02. The Bertz CT molecular complexity index is 3330. The van der Waals surface area contributed by atoms with E-state index in [9.17, 15) is 0 Å². The van der Waals surface area contributed by atoms with Gasteiger partial charge in [0.1, 0.15) is 16.7 Å². The van der Waals surface area contributed by atoms with Gasteiger partial charge in [0.05, 0.1) is 5.39 Å². The zero-order valence-electron chi connectivity index (χ0n) is 29.2. The van der Waals surface area contributed by atoms with Crippen molar-refractivity contribution >= 4 is 113 Å². The fourth-order valence-corrected chi connectivity index (χ4v) is 10.3. The normalized spacial score (nSPS) is 12.0. The summed E-state index contributed by atoms with van der Waals surface area (Å²) in [5.74, 6) is 0.607. The molecule has 258 valence electrons. The van der Waals surface area contributed by atoms with Crippen molar-refractivity contribution in [2.75, 3.05) is 4.90 Å². The quantitative estimate of drug-likeness (QED) is 0.176. The maximum absolute atomic E-state index is 6.45. The van der Waals surface area contributed by atoms with Crippen molar-refractivity contribution in [3.8, 4) is 22.6 Å². The van der Waals surface area contributed by atoms with E-state index in [1.165, 1.54) is 40.3 Å². The number of aromatic nitrogens is 1. The highest BCUT2D eigenvalue weighted by Crippen LogP contribution is 2.44. The van der Waals surface area contributed by atoms with E-state index >= 15 is 0 Å². The molecule has 0 spiro atoms. The van der Waals surface area contributed by atoms with Crippen LogP contribution in [0.25, 0.3) is 96.0 Å². The molecular weight excluding hydrogens is 713 g/mol. The molecule has 12 rings (SSSR count). The monoisotopic (exact) mass is 740 g/mol. The fraction of sp³-hybridized carbons (Fsp3) is 0. The maximum Gasteiger partial charge on any atom is 0.227 e. The zero-order valence-corrected chi connectivity index (χ0v) is 30.8. The highest BCUT2D eigenvalue weighted by molar-refractivity contribution is 7.26. The molecule has 4 nitrogen and oxygen atoms in total. The van der Waals surface area contributed by atoms with E-state index in [2.05, 4.69) is 132 Å². The van der Waals surface area contributed by atoms with Crippen LogP contribution in [0.4, 0.5) is 17.1 Å². The Kier molecular flexibility index (Phi) is 6.64. The molecule has 0 N–H and O–H groups in total. The van der Waals surface area contributed by atoms with Gasteiger partial charge in [0.25, 0.3) is 0 Å². The number of benzene rings is 8. The molecule has 0 saturated carbocycles. The van der Waals surface area contributed by atoms with E-state index in [0.717, 1.165) is 66.8 Å². The predicted molar refractivity (Wildman–Crippen MR) is 233 cm³/mol. The van der Waals surface area contributed by atoms with E-state index in [1.807, 2.05) is 65.1 Å². The van der Waals surface area contributed by atoms with Gasteiger partial charge in [-0.15, -0.1) is 22.7 Å². The number of hydrogen-bond acceptors (Lipinski definition) is 6. The van der Waals surface area contributed by atoms with Gasteiger partial charge in [0.15, 0.2) is 5.58 Å². The number of rotatable bonds is 5. The molecule has 0 unspecified atom stereocenters. The summed E-state index contributed by atoms with van der Waals surface area (Å²) in [6, 6.07) is 60.4. The number of hydrogen-bond donors (Lipinski definition) is 0. The number of furan rings is 1. The van der Waals surface area contributed by atoms with Gasteiger partial charge < -0.3 is 13.7 Å². The van der Waals surface area contributed by atoms with Crippen molar-refractivity contribution in [2.24, 2.45) is 0 Å². The van der Waals surface area contributed by atoms with Crippen molar-refractivity contribution < 1.29 is 8.83 Å². The van der Waals surface area contributed by atoms with Crippen LogP contribution < -0.4 is 4.90 Å². The van der Waals surface area contributed by atoms with Crippen molar-refractivity contribution in [1.29, 1.82) is 0 Å². The lowest BCUT2D eigenvalue weighted by Crippen LogP contribution is -2.09. The Morgan fingerprint density at radius 2 is 0.964 bits per heavy atom. The van der Waals surface area contributed by atoms with Crippen molar-refractivity contribution in [3.63, 3.8) is 0 Å². The van der Waals surface area contributed by atoms with E-state index in [-0.39, 0.29) is 0 Å². The molecule has 8 aromatic carbocycles. The molecule has 12 aromatic rings. The van der Waals surface area contributed by atoms with E-state index in [1.54, 1.807) is 0 Å². The molecule has 0 atom stereocenters. The average molecular weight is 741 g/mol. The van der Waals surface area contributed by atoms with Crippen LogP contribution in [0.1, 0.15) is 0 Å². The van der Waals surface area contributed by atoms with E-state index in [4.69, 9.17) is 13.8 Å². The minimum absolute atomic E-state index is 0.607. The Morgan fingerprint density at radius 3 is 1.65 bits per heavy atom. The van der Waals surface area contributed by atoms with Crippen LogP contribution in [0.2, 0.25) is 0 Å². The molecule has 4 aromatic heterocycles. The highest BCUT2D eigenvalue weighted by atomic mass is 32.1. The van der Waals surface area contributed by atoms with Gasteiger partial charge in [-0.05, 0) is 108 Å². The summed E-state index contributed by atoms with van der Waals surface area (Å²) in [5, 5.41) is 7.14. The second-order valence-electron chi connectivity index (χ2n) is 13.9. The number of nitrogens with zero attached hydrogens (tertiary/aromatic N) is 2. The van der Waals surface area contributed by atoms with Gasteiger partial charge in [-0.25, -0.2) is 4.98 Å². The molecule has 0 aliphatic heterocycles. The fourth-order valence-electron chi connectivity index (χ4n) is 8.09. The number of anilines is 3. The second kappa shape index (κ2) is 11.9. The smallest absolute Gasteiger partial charge is 0.227 e. The Labute approximate surface area is 322 Å². The zero-order chi connectivity index (χ0) is 36.0. The van der Waals surface area contributed by atoms with Crippen LogP contribution in [0, 0.1) is 0 Å². The summed E-state index contributed by atoms with van der Waals surface area (Å²) in [6.45, 7) is 0. The lowest BCUT2D eigenvalue weighted by atomic mass is 10.0. The summed E-state index contributed by atoms with van der Waals surface area (Å²) < 4.78 is 17.8. The van der Waals surface area contributed by atoms with Gasteiger partial charge >= 0.3 is 0 Å². The van der Waals surface area contributed by atoms with Crippen LogP contribution in [0.3, 0.4) is 0 Å². The van der Waals surface area contributed by atoms with Gasteiger partial charge in [0.2, 0.25) is 5.89 Å². The molecule has 0 radical (unpaired) electrons. The minimum atomic E-state index is 0.607. The third kappa shape index (κ3) is 4.85. The van der Waals surface area contributed by atoms with Gasteiger partial charge in [-0.3, -0.25) is 0 Å². The molecule has 0 saturated heterocycles. The number of fused-ring (bicyclic) bond motifs is 11. The highest BCUT2D eigenvalue weighted by Gasteiger charge is 2.19. The number of oxazole rings is 1. The molecule has 0 amide bonds. The molecule has 0 bridgehead atoms. The standard InChI is InChI=1S/C49H28N2O2S2/c1-2-8-30(9-3-1)49-50-48-41(53-49)23-22-40-47(48)37-21-16-31(26-42(37)52-40)29-14-17-32(18-15-29)51(33-19-24-45-38(27-33)35-10-4-6-12-43(35)54-45)34-20-25-46-39(28-34)36-11-5-7-13-44(36)55-46/h1-28H. The molecule has 55 heavy (non-hydrogen) atoms. The summed E-state index contributed by atoms with van der Waals surface area (Å²) in [5.41, 5.74) is 9.67. The van der Waals surface area contributed by atoms with Crippen LogP contribution in [0.15, 0.2) is 179 Å². The summed E-state index contributed by atoms with van der Waals surface area (Å²) in [4.78, 5) is 7.30. The summed E-state index contributed by atoms with van der Waals surface area (Å²) >= 11 is 3.69. The molecular formula is C49H28N2O2S2. The first-order chi connectivity index (χ1) is 27.2. The maximum atomic E-state index is 6.45. The summed E-state index contributed by atoms with van der Waals surface area (Å²) in [6.07, 6.45) is 0. The van der Waals surface area contributed by atoms with E-state index < -0.39 is 0 Å². The van der Waals surface area contributed by atoms with Crippen LogP contribution in [-0.2, 0) is 0 Å². The third-order valence-electron chi connectivity index (χ3n) is 10.7. The van der Waals surface area contributed by atoms with Gasteiger partial charge in [-0.1, -0.05) is 72.8 Å². The Hall–Kier alpha value is -6.73. The van der Waals surface area contributed by atoms with Gasteiger partial charge in [-0.2, -0.15) is 0 Å². The third-order valence-corrected chi connectivity index (χ3v) is 13.0. The Morgan fingerprint density at radius 1 is 0.382 bits per heavy atom. The summed E-state index contributed by atoms with van der Waals surface area (Å²) in [7, 11) is 0. The second-order valence-corrected chi connectivity index (χ2v) is 16.1. The van der Waals surface area contributed by atoms with Crippen molar-refractivity contribution in [3.05, 3.63) is 170 Å².